The molecule has 0 aromatic carbocycles. The van der Waals surface area contributed by atoms with Crippen LogP contribution in [0.5, 0.6) is 0 Å². The van der Waals surface area contributed by atoms with Crippen LogP contribution in [0.25, 0.3) is 11.4 Å². The molecule has 0 radical (unpaired) electrons. The van der Waals surface area contributed by atoms with Gasteiger partial charge in [0.15, 0.2) is 5.82 Å². The fraction of sp³-hybridized carbons (Fsp3) is 0. The first kappa shape index (κ1) is 7.90. The SMILES string of the molecule is N#Cc1ccnc(-c2ccsc2)n1. The minimum Gasteiger partial charge on any atom is -0.236 e. The summed E-state index contributed by atoms with van der Waals surface area (Å²) in [6.45, 7) is 0. The zero-order valence-electron chi connectivity index (χ0n) is 6.64. The van der Waals surface area contributed by atoms with Crippen LogP contribution in [-0.4, -0.2) is 9.97 Å². The molecular weight excluding hydrogens is 182 g/mol. The van der Waals surface area contributed by atoms with Crippen LogP contribution in [0, 0.1) is 11.3 Å². The first-order chi connectivity index (χ1) is 6.40. The molecule has 0 saturated heterocycles. The number of hydrogen-bond donors (Lipinski definition) is 0. The summed E-state index contributed by atoms with van der Waals surface area (Å²) in [4.78, 5) is 8.14. The molecule has 0 aliphatic heterocycles. The molecule has 2 aromatic heterocycles. The van der Waals surface area contributed by atoms with Crippen molar-refractivity contribution < 1.29 is 0 Å². The van der Waals surface area contributed by atoms with E-state index in [4.69, 9.17) is 5.26 Å². The van der Waals surface area contributed by atoms with Crippen LogP contribution < -0.4 is 0 Å². The van der Waals surface area contributed by atoms with Crippen LogP contribution in [0.15, 0.2) is 29.1 Å². The lowest BCUT2D eigenvalue weighted by Crippen LogP contribution is -1.89. The van der Waals surface area contributed by atoms with Crippen molar-refractivity contribution in [2.75, 3.05) is 0 Å². The van der Waals surface area contributed by atoms with Crippen LogP contribution in [-0.2, 0) is 0 Å². The maximum atomic E-state index is 8.62. The second-order valence-electron chi connectivity index (χ2n) is 2.39. The third kappa shape index (κ3) is 1.55. The predicted molar refractivity (Wildman–Crippen MR) is 50.1 cm³/mol. The Balaban J connectivity index is 2.49. The highest BCUT2D eigenvalue weighted by Crippen LogP contribution is 2.17. The van der Waals surface area contributed by atoms with Gasteiger partial charge in [-0.3, -0.25) is 0 Å². The molecule has 2 heterocycles. The van der Waals surface area contributed by atoms with Crippen LogP contribution >= 0.6 is 11.3 Å². The topological polar surface area (TPSA) is 49.6 Å². The fourth-order valence-corrected chi connectivity index (χ4v) is 1.59. The first-order valence-corrected chi connectivity index (χ1v) is 4.60. The molecule has 0 fully saturated rings. The maximum absolute atomic E-state index is 8.62. The molecular formula is C9H5N3S. The van der Waals surface area contributed by atoms with Crippen molar-refractivity contribution in [1.29, 1.82) is 5.26 Å². The minimum atomic E-state index is 0.399. The van der Waals surface area contributed by atoms with Crippen molar-refractivity contribution >= 4 is 11.3 Å². The van der Waals surface area contributed by atoms with E-state index in [1.54, 1.807) is 23.6 Å². The van der Waals surface area contributed by atoms with Gasteiger partial charge in [0.05, 0.1) is 0 Å². The van der Waals surface area contributed by atoms with Gasteiger partial charge < -0.3 is 0 Å². The second kappa shape index (κ2) is 3.33. The molecule has 2 rings (SSSR count). The normalized spacial score (nSPS) is 9.46. The lowest BCUT2D eigenvalue weighted by Gasteiger charge is -1.94. The average Bonchev–Trinajstić information content (AvgIpc) is 2.71. The molecule has 0 atom stereocenters. The van der Waals surface area contributed by atoms with Gasteiger partial charge in [-0.25, -0.2) is 9.97 Å². The van der Waals surface area contributed by atoms with Crippen LogP contribution in [0.4, 0.5) is 0 Å². The average molecular weight is 187 g/mol. The Bertz CT molecular complexity index is 442. The van der Waals surface area contributed by atoms with Gasteiger partial charge in [-0.1, -0.05) is 0 Å². The van der Waals surface area contributed by atoms with Crippen molar-refractivity contribution in [1.82, 2.24) is 9.97 Å². The Hall–Kier alpha value is -1.73. The van der Waals surface area contributed by atoms with E-state index in [0.717, 1.165) is 5.56 Å². The van der Waals surface area contributed by atoms with Crippen LogP contribution in [0.2, 0.25) is 0 Å². The van der Waals surface area contributed by atoms with Crippen molar-refractivity contribution in [2.45, 2.75) is 0 Å². The van der Waals surface area contributed by atoms with E-state index < -0.39 is 0 Å². The van der Waals surface area contributed by atoms with Crippen molar-refractivity contribution in [3.63, 3.8) is 0 Å². The highest BCUT2D eigenvalue weighted by molar-refractivity contribution is 7.08. The molecule has 0 N–H and O–H groups in total. The molecule has 3 nitrogen and oxygen atoms in total. The summed E-state index contributed by atoms with van der Waals surface area (Å²) in [5, 5.41) is 12.5. The summed E-state index contributed by atoms with van der Waals surface area (Å²) in [6.07, 6.45) is 1.60. The fourth-order valence-electron chi connectivity index (χ4n) is 0.952. The predicted octanol–water partition coefficient (Wildman–Crippen LogP) is 2.08. The Labute approximate surface area is 79.3 Å². The molecule has 0 unspecified atom stereocenters. The smallest absolute Gasteiger partial charge is 0.161 e. The van der Waals surface area contributed by atoms with Gasteiger partial charge in [0, 0.05) is 17.1 Å². The zero-order chi connectivity index (χ0) is 9.10. The van der Waals surface area contributed by atoms with Crippen molar-refractivity contribution in [2.24, 2.45) is 0 Å². The number of hydrogen-bond acceptors (Lipinski definition) is 4. The minimum absolute atomic E-state index is 0.399. The number of rotatable bonds is 1. The van der Waals surface area contributed by atoms with E-state index in [-0.39, 0.29) is 0 Å². The van der Waals surface area contributed by atoms with Gasteiger partial charge in [0.25, 0.3) is 0 Å². The summed E-state index contributed by atoms with van der Waals surface area (Å²) in [6, 6.07) is 5.51. The molecule has 62 valence electrons. The monoisotopic (exact) mass is 187 g/mol. The summed E-state index contributed by atoms with van der Waals surface area (Å²) in [5.74, 6) is 0.611. The Morgan fingerprint density at radius 2 is 2.31 bits per heavy atom. The third-order valence-corrected chi connectivity index (χ3v) is 2.23. The van der Waals surface area contributed by atoms with E-state index in [1.807, 2.05) is 22.9 Å². The highest BCUT2D eigenvalue weighted by Gasteiger charge is 2.01. The molecule has 2 aromatic rings. The summed E-state index contributed by atoms with van der Waals surface area (Å²) >= 11 is 1.58. The van der Waals surface area contributed by atoms with Gasteiger partial charge in [0.1, 0.15) is 11.8 Å². The van der Waals surface area contributed by atoms with E-state index in [2.05, 4.69) is 9.97 Å². The second-order valence-corrected chi connectivity index (χ2v) is 3.17. The molecule has 4 heteroatoms. The van der Waals surface area contributed by atoms with E-state index in [0.29, 0.717) is 11.5 Å². The molecule has 0 aliphatic rings. The molecule has 0 bridgehead atoms. The molecule has 0 saturated carbocycles. The van der Waals surface area contributed by atoms with E-state index in [1.165, 1.54) is 0 Å². The molecule has 13 heavy (non-hydrogen) atoms. The number of thiophene rings is 1. The maximum Gasteiger partial charge on any atom is 0.161 e. The van der Waals surface area contributed by atoms with E-state index in [9.17, 15) is 0 Å². The summed E-state index contributed by atoms with van der Waals surface area (Å²) in [5.41, 5.74) is 1.36. The highest BCUT2D eigenvalue weighted by atomic mass is 32.1. The molecule has 0 spiro atoms. The lowest BCUT2D eigenvalue weighted by atomic mass is 10.3. The first-order valence-electron chi connectivity index (χ1n) is 3.66. The lowest BCUT2D eigenvalue weighted by molar-refractivity contribution is 1.15. The van der Waals surface area contributed by atoms with Crippen LogP contribution in [0.3, 0.4) is 0 Å². The van der Waals surface area contributed by atoms with Gasteiger partial charge in [-0.2, -0.15) is 16.6 Å². The Morgan fingerprint density at radius 1 is 1.38 bits per heavy atom. The Morgan fingerprint density at radius 3 is 3.00 bits per heavy atom. The van der Waals surface area contributed by atoms with Crippen molar-refractivity contribution in [3.05, 3.63) is 34.8 Å². The number of aromatic nitrogens is 2. The van der Waals surface area contributed by atoms with Gasteiger partial charge >= 0.3 is 0 Å². The summed E-state index contributed by atoms with van der Waals surface area (Å²) < 4.78 is 0. The zero-order valence-corrected chi connectivity index (χ0v) is 7.45. The number of nitriles is 1. The van der Waals surface area contributed by atoms with Crippen molar-refractivity contribution in [3.8, 4) is 17.5 Å². The molecule has 0 aliphatic carbocycles. The molecule has 0 amide bonds. The largest absolute Gasteiger partial charge is 0.236 e. The Kier molecular flexibility index (Phi) is 2.02. The van der Waals surface area contributed by atoms with Gasteiger partial charge in [-0.05, 0) is 17.5 Å². The quantitative estimate of drug-likeness (QED) is 0.686. The number of nitrogens with zero attached hydrogens (tertiary/aromatic N) is 3. The third-order valence-electron chi connectivity index (χ3n) is 1.55. The summed E-state index contributed by atoms with van der Waals surface area (Å²) in [7, 11) is 0. The van der Waals surface area contributed by atoms with Gasteiger partial charge in [-0.15, -0.1) is 0 Å². The standard InChI is InChI=1S/C9H5N3S/c10-5-8-1-3-11-9(12-8)7-2-4-13-6-7/h1-4,6H. The van der Waals surface area contributed by atoms with Gasteiger partial charge in [0.2, 0.25) is 0 Å². The van der Waals surface area contributed by atoms with Crippen LogP contribution in [0.1, 0.15) is 5.69 Å². The van der Waals surface area contributed by atoms with E-state index >= 15 is 0 Å².